The van der Waals surface area contributed by atoms with Gasteiger partial charge in [-0.2, -0.15) is 0 Å². The highest BCUT2D eigenvalue weighted by Gasteiger charge is 2.40. The topological polar surface area (TPSA) is 26.3 Å². The molecule has 0 aliphatic heterocycles. The molecular weight excluding hydrogens is 220 g/mol. The van der Waals surface area contributed by atoms with E-state index in [9.17, 15) is 4.79 Å². The summed E-state index contributed by atoms with van der Waals surface area (Å²) < 4.78 is 6.18. The molecule has 3 heteroatoms. The van der Waals surface area contributed by atoms with E-state index in [0.717, 1.165) is 0 Å². The van der Waals surface area contributed by atoms with Gasteiger partial charge in [0, 0.05) is 10.8 Å². The summed E-state index contributed by atoms with van der Waals surface area (Å²) in [6, 6.07) is 8.28. The quantitative estimate of drug-likeness (QED) is 0.757. The number of benzene rings is 1. The van der Waals surface area contributed by atoms with Gasteiger partial charge in [0.2, 0.25) is 0 Å². The maximum absolute atomic E-state index is 10.3. The van der Waals surface area contributed by atoms with Crippen molar-refractivity contribution in [3.63, 3.8) is 0 Å². The summed E-state index contributed by atoms with van der Waals surface area (Å²) in [4.78, 5) is 10.3. The van der Waals surface area contributed by atoms with Crippen molar-refractivity contribution in [2.75, 3.05) is 0 Å². The molecule has 0 unspecified atom stereocenters. The molecule has 1 aromatic heterocycles. The molecule has 0 amide bonds. The Balaban J connectivity index is 2.18. The van der Waals surface area contributed by atoms with Gasteiger partial charge in [0.1, 0.15) is 0 Å². The van der Waals surface area contributed by atoms with Crippen LogP contribution < -0.4 is 4.74 Å². The number of rotatable bonds is 3. The van der Waals surface area contributed by atoms with Crippen molar-refractivity contribution in [2.45, 2.75) is 25.2 Å². The van der Waals surface area contributed by atoms with E-state index in [0.29, 0.717) is 17.0 Å². The molecular formula is C13H12O2S. The first-order valence-corrected chi connectivity index (χ1v) is 6.18. The van der Waals surface area contributed by atoms with Crippen molar-refractivity contribution < 1.29 is 9.53 Å². The summed E-state index contributed by atoms with van der Waals surface area (Å²) in [6.07, 6.45) is 2.52. The number of ether oxygens (including phenoxy) is 1. The van der Waals surface area contributed by atoms with Crippen LogP contribution in [0.5, 0.6) is 5.06 Å². The number of hydrogen-bond acceptors (Lipinski definition) is 3. The molecule has 0 saturated heterocycles. The fourth-order valence-corrected chi connectivity index (χ4v) is 3.22. The van der Waals surface area contributed by atoms with Gasteiger partial charge in [0.15, 0.2) is 5.06 Å². The van der Waals surface area contributed by atoms with Crippen molar-refractivity contribution in [1.29, 1.82) is 0 Å². The summed E-state index contributed by atoms with van der Waals surface area (Å²) in [5.41, 5.74) is 1.75. The van der Waals surface area contributed by atoms with Gasteiger partial charge in [0.25, 0.3) is 6.47 Å². The van der Waals surface area contributed by atoms with Crippen LogP contribution >= 0.6 is 11.3 Å². The van der Waals surface area contributed by atoms with Crippen molar-refractivity contribution in [3.8, 4) is 5.06 Å². The lowest BCUT2D eigenvalue weighted by Gasteiger charge is -2.09. The van der Waals surface area contributed by atoms with E-state index in [2.05, 4.69) is 25.1 Å². The molecule has 2 aromatic rings. The third-order valence-electron chi connectivity index (χ3n) is 3.34. The van der Waals surface area contributed by atoms with E-state index in [1.165, 1.54) is 28.5 Å². The van der Waals surface area contributed by atoms with Crippen molar-refractivity contribution >= 4 is 27.9 Å². The fraction of sp³-hybridized carbons (Fsp3) is 0.308. The molecule has 0 radical (unpaired) electrons. The SMILES string of the molecule is CC1(c2cccc3cc(OC=O)sc23)CC1. The first kappa shape index (κ1) is 9.85. The average Bonchev–Trinajstić information content (AvgIpc) is 2.88. The second kappa shape index (κ2) is 3.32. The molecule has 0 N–H and O–H groups in total. The minimum absolute atomic E-state index is 0.350. The fourth-order valence-electron chi connectivity index (χ4n) is 2.08. The molecule has 0 bridgehead atoms. The molecule has 0 spiro atoms. The maximum atomic E-state index is 10.3. The lowest BCUT2D eigenvalue weighted by Crippen LogP contribution is -1.98. The largest absolute Gasteiger partial charge is 0.418 e. The lowest BCUT2D eigenvalue weighted by atomic mass is 9.97. The number of fused-ring (bicyclic) bond motifs is 1. The summed E-state index contributed by atoms with van der Waals surface area (Å²) in [7, 11) is 0. The van der Waals surface area contributed by atoms with E-state index < -0.39 is 0 Å². The van der Waals surface area contributed by atoms with Crippen LogP contribution in [0.1, 0.15) is 25.3 Å². The van der Waals surface area contributed by atoms with Crippen molar-refractivity contribution in [1.82, 2.24) is 0 Å². The predicted molar refractivity (Wildman–Crippen MR) is 65.1 cm³/mol. The number of thiophene rings is 1. The molecule has 16 heavy (non-hydrogen) atoms. The van der Waals surface area contributed by atoms with Crippen LogP contribution in [0.4, 0.5) is 0 Å². The van der Waals surface area contributed by atoms with Crippen LogP contribution in [-0.2, 0) is 10.2 Å². The Labute approximate surface area is 97.8 Å². The lowest BCUT2D eigenvalue weighted by molar-refractivity contribution is -0.120. The number of carbonyl (C=O) groups is 1. The van der Waals surface area contributed by atoms with E-state index in [1.54, 1.807) is 11.3 Å². The normalized spacial score (nSPS) is 17.3. The second-order valence-corrected chi connectivity index (χ2v) is 5.58. The van der Waals surface area contributed by atoms with Crippen LogP contribution in [-0.4, -0.2) is 6.47 Å². The van der Waals surface area contributed by atoms with E-state index in [4.69, 9.17) is 4.74 Å². The first-order valence-electron chi connectivity index (χ1n) is 5.36. The van der Waals surface area contributed by atoms with Gasteiger partial charge in [-0.25, -0.2) is 0 Å². The molecule has 0 atom stereocenters. The maximum Gasteiger partial charge on any atom is 0.299 e. The van der Waals surface area contributed by atoms with Gasteiger partial charge in [0.05, 0.1) is 0 Å². The molecule has 1 aliphatic rings. The number of carbonyl (C=O) groups excluding carboxylic acids is 1. The number of hydrogen-bond donors (Lipinski definition) is 0. The van der Waals surface area contributed by atoms with Crippen LogP contribution in [0, 0.1) is 0 Å². The van der Waals surface area contributed by atoms with Crippen LogP contribution in [0.2, 0.25) is 0 Å². The first-order chi connectivity index (χ1) is 7.73. The van der Waals surface area contributed by atoms with Gasteiger partial charge >= 0.3 is 0 Å². The highest BCUT2D eigenvalue weighted by atomic mass is 32.1. The van der Waals surface area contributed by atoms with Gasteiger partial charge in [-0.15, -0.1) is 0 Å². The van der Waals surface area contributed by atoms with Crippen LogP contribution in [0.25, 0.3) is 10.1 Å². The molecule has 2 nitrogen and oxygen atoms in total. The standard InChI is InChI=1S/C13H12O2S/c1-13(5-6-13)10-4-2-3-9-7-11(15-8-14)16-12(9)10/h2-4,7-8H,5-6H2,1H3. The third-order valence-corrected chi connectivity index (χ3v) is 4.41. The Morgan fingerprint density at radius 3 is 2.94 bits per heavy atom. The highest BCUT2D eigenvalue weighted by Crippen LogP contribution is 2.51. The molecule has 1 aliphatic carbocycles. The monoisotopic (exact) mass is 232 g/mol. The summed E-state index contributed by atoms with van der Waals surface area (Å²) >= 11 is 1.56. The summed E-state index contributed by atoms with van der Waals surface area (Å²) in [5, 5.41) is 1.86. The highest BCUT2D eigenvalue weighted by molar-refractivity contribution is 7.21. The zero-order valence-electron chi connectivity index (χ0n) is 9.03. The smallest absolute Gasteiger partial charge is 0.299 e. The van der Waals surface area contributed by atoms with Crippen molar-refractivity contribution in [3.05, 3.63) is 29.8 Å². The third kappa shape index (κ3) is 1.43. The Bertz CT molecular complexity index is 552. The summed E-state index contributed by atoms with van der Waals surface area (Å²) in [5.74, 6) is 0. The Morgan fingerprint density at radius 2 is 2.25 bits per heavy atom. The summed E-state index contributed by atoms with van der Waals surface area (Å²) in [6.45, 7) is 2.78. The minimum Gasteiger partial charge on any atom is -0.418 e. The molecule has 1 heterocycles. The van der Waals surface area contributed by atoms with Gasteiger partial charge < -0.3 is 4.74 Å². The Hall–Kier alpha value is -1.35. The van der Waals surface area contributed by atoms with Gasteiger partial charge in [-0.3, -0.25) is 4.79 Å². The van der Waals surface area contributed by atoms with Crippen LogP contribution in [0.15, 0.2) is 24.3 Å². The molecule has 82 valence electrons. The molecule has 1 saturated carbocycles. The molecule has 1 aromatic carbocycles. The van der Waals surface area contributed by atoms with E-state index >= 15 is 0 Å². The Kier molecular flexibility index (Phi) is 2.04. The van der Waals surface area contributed by atoms with Gasteiger partial charge in [-0.05, 0) is 29.2 Å². The van der Waals surface area contributed by atoms with Crippen LogP contribution in [0.3, 0.4) is 0 Å². The zero-order chi connectivity index (χ0) is 11.2. The second-order valence-electron chi connectivity index (χ2n) is 4.56. The Morgan fingerprint density at radius 1 is 1.44 bits per heavy atom. The van der Waals surface area contributed by atoms with E-state index in [-0.39, 0.29) is 0 Å². The minimum atomic E-state index is 0.350. The van der Waals surface area contributed by atoms with E-state index in [1.807, 2.05) is 6.07 Å². The predicted octanol–water partition coefficient (Wildman–Crippen LogP) is 3.49. The van der Waals surface area contributed by atoms with Gasteiger partial charge in [-0.1, -0.05) is 36.5 Å². The zero-order valence-corrected chi connectivity index (χ0v) is 9.84. The molecule has 3 rings (SSSR count). The average molecular weight is 232 g/mol. The van der Waals surface area contributed by atoms with Crippen molar-refractivity contribution in [2.24, 2.45) is 0 Å². The molecule has 1 fully saturated rings.